The number of likely N-dealkylation sites (tertiary alicyclic amines) is 1. The second kappa shape index (κ2) is 7.10. The van der Waals surface area contributed by atoms with E-state index in [0.717, 1.165) is 25.4 Å². The highest BCUT2D eigenvalue weighted by Crippen LogP contribution is 2.37. The Morgan fingerprint density at radius 1 is 1.40 bits per heavy atom. The fourth-order valence-electron chi connectivity index (χ4n) is 3.18. The van der Waals surface area contributed by atoms with Crippen LogP contribution in [0, 0.1) is 5.92 Å². The van der Waals surface area contributed by atoms with Crippen LogP contribution in [0.4, 0.5) is 0 Å². The Labute approximate surface area is 127 Å². The lowest BCUT2D eigenvalue weighted by Crippen LogP contribution is -2.34. The molecular weight excluding hydrogens is 266 g/mol. The van der Waals surface area contributed by atoms with Gasteiger partial charge in [0.1, 0.15) is 0 Å². The average molecular weight is 293 g/mol. The van der Waals surface area contributed by atoms with Gasteiger partial charge in [0.05, 0.1) is 6.54 Å². The highest BCUT2D eigenvalue weighted by molar-refractivity contribution is 7.98. The first-order valence-corrected chi connectivity index (χ1v) is 9.43. The molecule has 0 bridgehead atoms. The van der Waals surface area contributed by atoms with Crippen molar-refractivity contribution in [1.29, 1.82) is 0 Å². The van der Waals surface area contributed by atoms with Gasteiger partial charge in [0, 0.05) is 43.6 Å². The van der Waals surface area contributed by atoms with Crippen molar-refractivity contribution in [2.45, 2.75) is 31.7 Å². The Hall–Kier alpha value is -0.320. The average Bonchev–Trinajstić information content (AvgIpc) is 3.03. The summed E-state index contributed by atoms with van der Waals surface area (Å²) in [5.41, 5.74) is 2.93. The summed E-state index contributed by atoms with van der Waals surface area (Å²) >= 11 is 1.95. The minimum atomic E-state index is 0.700. The number of nitrogens with one attached hydrogen (secondary N) is 1. The van der Waals surface area contributed by atoms with Crippen LogP contribution in [-0.2, 0) is 0 Å². The van der Waals surface area contributed by atoms with Crippen molar-refractivity contribution in [3.63, 3.8) is 0 Å². The van der Waals surface area contributed by atoms with Gasteiger partial charge < -0.3 is 10.2 Å². The summed E-state index contributed by atoms with van der Waals surface area (Å²) in [6.45, 7) is 5.83. The van der Waals surface area contributed by atoms with E-state index in [1.165, 1.54) is 50.4 Å². The van der Waals surface area contributed by atoms with E-state index >= 15 is 0 Å². The van der Waals surface area contributed by atoms with Gasteiger partial charge in [-0.05, 0) is 49.6 Å². The lowest BCUT2D eigenvalue weighted by Gasteiger charge is -2.15. The molecule has 4 heteroatoms. The molecule has 1 saturated carbocycles. The maximum Gasteiger partial charge on any atom is 0.0609 e. The molecule has 112 valence electrons. The largest absolute Gasteiger partial charge is 0.312 e. The van der Waals surface area contributed by atoms with Crippen LogP contribution in [-0.4, -0.2) is 61.4 Å². The Bertz CT molecular complexity index is 387. The van der Waals surface area contributed by atoms with Gasteiger partial charge >= 0.3 is 0 Å². The number of hydrogen-bond acceptors (Lipinski definition) is 4. The first-order valence-electron chi connectivity index (χ1n) is 8.03. The normalized spacial score (nSPS) is 26.9. The molecule has 0 radical (unpaired) electrons. The topological polar surface area (TPSA) is 27.6 Å². The van der Waals surface area contributed by atoms with E-state index in [1.807, 2.05) is 11.8 Å². The molecule has 3 nitrogen and oxygen atoms in total. The van der Waals surface area contributed by atoms with Crippen LogP contribution in [0.3, 0.4) is 0 Å². The Balaban J connectivity index is 1.31. The molecule has 0 amide bonds. The predicted octanol–water partition coefficient (Wildman–Crippen LogP) is 2.19. The van der Waals surface area contributed by atoms with Gasteiger partial charge in [-0.3, -0.25) is 4.99 Å². The number of rotatable bonds is 8. The second-order valence-corrected chi connectivity index (χ2v) is 7.27. The van der Waals surface area contributed by atoms with Crippen molar-refractivity contribution in [2.24, 2.45) is 10.9 Å². The SMILES string of the molecule is CSCCN1CCC(NCCC2=NCC(C3CC3)=C2)C1. The summed E-state index contributed by atoms with van der Waals surface area (Å²) in [6, 6.07) is 0.700. The van der Waals surface area contributed by atoms with Crippen molar-refractivity contribution in [3.8, 4) is 0 Å². The molecule has 0 aromatic heterocycles. The third-order valence-electron chi connectivity index (χ3n) is 4.62. The van der Waals surface area contributed by atoms with E-state index < -0.39 is 0 Å². The number of thioether (sulfide) groups is 1. The third-order valence-corrected chi connectivity index (χ3v) is 5.21. The minimum Gasteiger partial charge on any atom is -0.312 e. The van der Waals surface area contributed by atoms with E-state index in [2.05, 4.69) is 27.5 Å². The fourth-order valence-corrected chi connectivity index (χ4v) is 3.62. The van der Waals surface area contributed by atoms with Crippen LogP contribution in [0.15, 0.2) is 16.6 Å². The van der Waals surface area contributed by atoms with E-state index in [-0.39, 0.29) is 0 Å². The zero-order valence-corrected chi connectivity index (χ0v) is 13.4. The molecule has 1 saturated heterocycles. The third kappa shape index (κ3) is 4.09. The standard InChI is InChI=1S/C16H27N3S/c1-20-9-8-19-7-5-16(12-19)17-6-4-15-10-14(11-18-15)13-2-3-13/h10,13,16-17H,2-9,11-12H2,1H3. The summed E-state index contributed by atoms with van der Waals surface area (Å²) in [5.74, 6) is 2.15. The summed E-state index contributed by atoms with van der Waals surface area (Å²) in [6.07, 6.45) is 9.79. The smallest absolute Gasteiger partial charge is 0.0609 e. The second-order valence-electron chi connectivity index (χ2n) is 6.28. The molecule has 2 heterocycles. The fraction of sp³-hybridized carbons (Fsp3) is 0.812. The van der Waals surface area contributed by atoms with Crippen LogP contribution in [0.25, 0.3) is 0 Å². The van der Waals surface area contributed by atoms with E-state index in [1.54, 1.807) is 5.57 Å². The molecule has 1 unspecified atom stereocenters. The molecule has 1 atom stereocenters. The summed E-state index contributed by atoms with van der Waals surface area (Å²) < 4.78 is 0. The number of allylic oxidation sites excluding steroid dienone is 1. The van der Waals surface area contributed by atoms with E-state index in [4.69, 9.17) is 0 Å². The summed E-state index contributed by atoms with van der Waals surface area (Å²) in [4.78, 5) is 7.26. The first kappa shape index (κ1) is 14.6. The highest BCUT2D eigenvalue weighted by Gasteiger charge is 2.27. The van der Waals surface area contributed by atoms with Gasteiger partial charge in [0.15, 0.2) is 0 Å². The zero-order chi connectivity index (χ0) is 13.8. The Kier molecular flexibility index (Phi) is 5.19. The van der Waals surface area contributed by atoms with Gasteiger partial charge in [-0.1, -0.05) is 0 Å². The molecule has 1 aliphatic carbocycles. The summed E-state index contributed by atoms with van der Waals surface area (Å²) in [5, 5.41) is 3.72. The van der Waals surface area contributed by atoms with E-state index in [0.29, 0.717) is 6.04 Å². The monoisotopic (exact) mass is 293 g/mol. The van der Waals surface area contributed by atoms with Crippen molar-refractivity contribution in [1.82, 2.24) is 10.2 Å². The van der Waals surface area contributed by atoms with Crippen LogP contribution >= 0.6 is 11.8 Å². The molecule has 0 spiro atoms. The van der Waals surface area contributed by atoms with Gasteiger partial charge in [-0.25, -0.2) is 0 Å². The van der Waals surface area contributed by atoms with Crippen LogP contribution in [0.5, 0.6) is 0 Å². The maximum absolute atomic E-state index is 4.67. The quantitative estimate of drug-likeness (QED) is 0.743. The van der Waals surface area contributed by atoms with Crippen LogP contribution in [0.1, 0.15) is 25.7 Å². The Morgan fingerprint density at radius 2 is 2.30 bits per heavy atom. The van der Waals surface area contributed by atoms with Gasteiger partial charge in [0.25, 0.3) is 0 Å². The van der Waals surface area contributed by atoms with Crippen molar-refractivity contribution >= 4 is 17.5 Å². The molecule has 20 heavy (non-hydrogen) atoms. The highest BCUT2D eigenvalue weighted by atomic mass is 32.2. The number of hydrogen-bond donors (Lipinski definition) is 1. The molecule has 2 fully saturated rings. The molecular formula is C16H27N3S. The van der Waals surface area contributed by atoms with Gasteiger partial charge in [0.2, 0.25) is 0 Å². The molecule has 3 rings (SSSR count). The van der Waals surface area contributed by atoms with Gasteiger partial charge in [-0.2, -0.15) is 11.8 Å². The van der Waals surface area contributed by atoms with Crippen molar-refractivity contribution < 1.29 is 0 Å². The molecule has 1 N–H and O–H groups in total. The van der Waals surface area contributed by atoms with E-state index in [9.17, 15) is 0 Å². The van der Waals surface area contributed by atoms with Crippen molar-refractivity contribution in [2.75, 3.05) is 44.7 Å². The van der Waals surface area contributed by atoms with Gasteiger partial charge in [-0.15, -0.1) is 0 Å². The molecule has 0 aromatic rings. The molecule has 3 aliphatic rings. The molecule has 0 aromatic carbocycles. The predicted molar refractivity (Wildman–Crippen MR) is 89.0 cm³/mol. The Morgan fingerprint density at radius 3 is 3.10 bits per heavy atom. The molecule has 2 aliphatic heterocycles. The van der Waals surface area contributed by atoms with Crippen molar-refractivity contribution in [3.05, 3.63) is 11.6 Å². The minimum absolute atomic E-state index is 0.700. The zero-order valence-electron chi connectivity index (χ0n) is 12.6. The summed E-state index contributed by atoms with van der Waals surface area (Å²) in [7, 11) is 0. The first-order chi connectivity index (χ1) is 9.85. The number of aliphatic imine (C=N–C) groups is 1. The number of nitrogens with zero attached hydrogens (tertiary/aromatic N) is 2. The van der Waals surface area contributed by atoms with Crippen LogP contribution in [0.2, 0.25) is 0 Å². The maximum atomic E-state index is 4.67. The van der Waals surface area contributed by atoms with Crippen LogP contribution < -0.4 is 5.32 Å². The lowest BCUT2D eigenvalue weighted by molar-refractivity contribution is 0.349. The lowest BCUT2D eigenvalue weighted by atomic mass is 10.1.